The van der Waals surface area contributed by atoms with Crippen molar-refractivity contribution < 1.29 is 4.21 Å². The van der Waals surface area contributed by atoms with Gasteiger partial charge < -0.3 is 5.32 Å². The molecule has 0 saturated heterocycles. The van der Waals surface area contributed by atoms with Crippen molar-refractivity contribution in [2.45, 2.75) is 43.6 Å². The van der Waals surface area contributed by atoms with Crippen LogP contribution in [0.15, 0.2) is 38.9 Å². The minimum Gasteiger partial charge on any atom is -0.350 e. The number of aliphatic imine (C=N–C) groups is 2. The molecular formula is C19H29N7OS. The van der Waals surface area contributed by atoms with Gasteiger partial charge in [0.15, 0.2) is 0 Å². The number of amidine groups is 1. The molecule has 1 aromatic rings. The summed E-state index contributed by atoms with van der Waals surface area (Å²) in [5, 5.41) is 10.1. The third-order valence-electron chi connectivity index (χ3n) is 6.17. The van der Waals surface area contributed by atoms with Gasteiger partial charge in [0.05, 0.1) is 21.4 Å². The van der Waals surface area contributed by atoms with Crippen molar-refractivity contribution in [1.29, 1.82) is 0 Å². The molecule has 1 aliphatic carbocycles. The maximum Gasteiger partial charge on any atom is 0.118 e. The molecule has 28 heavy (non-hydrogen) atoms. The second-order valence-corrected chi connectivity index (χ2v) is 10.4. The monoisotopic (exact) mass is 403 g/mol. The van der Waals surface area contributed by atoms with Gasteiger partial charge in [-0.05, 0) is 50.9 Å². The van der Waals surface area contributed by atoms with Crippen molar-refractivity contribution >= 4 is 21.9 Å². The maximum absolute atomic E-state index is 13.2. The van der Waals surface area contributed by atoms with E-state index in [-0.39, 0.29) is 12.1 Å². The van der Waals surface area contributed by atoms with E-state index in [9.17, 15) is 4.21 Å². The van der Waals surface area contributed by atoms with E-state index < -0.39 is 9.73 Å². The van der Waals surface area contributed by atoms with E-state index in [0.29, 0.717) is 23.5 Å². The normalized spacial score (nSPS) is 31.2. The lowest BCUT2D eigenvalue weighted by Crippen LogP contribution is -2.48. The average molecular weight is 404 g/mol. The van der Waals surface area contributed by atoms with E-state index in [1.165, 1.54) is 0 Å². The summed E-state index contributed by atoms with van der Waals surface area (Å²) in [6, 6.07) is 2.37. The highest BCUT2D eigenvalue weighted by Crippen LogP contribution is 2.32. The highest BCUT2D eigenvalue weighted by atomic mass is 32.2. The SMILES string of the molecule is CN=S(=O)(Cc1ccn[nH]1)CC1CCC(N(C)C2N=CN=C3NC=CC32)CC1. The first kappa shape index (κ1) is 19.3. The molecule has 2 N–H and O–H groups in total. The Bertz CT molecular complexity index is 874. The van der Waals surface area contributed by atoms with E-state index in [1.54, 1.807) is 19.6 Å². The van der Waals surface area contributed by atoms with Crippen LogP contribution in [0.2, 0.25) is 0 Å². The van der Waals surface area contributed by atoms with Gasteiger partial charge in [0.1, 0.15) is 18.3 Å². The van der Waals surface area contributed by atoms with Gasteiger partial charge in [0, 0.05) is 30.7 Å². The maximum atomic E-state index is 13.2. The molecule has 3 unspecified atom stereocenters. The molecule has 1 saturated carbocycles. The Kier molecular flexibility index (Phi) is 5.63. The van der Waals surface area contributed by atoms with Crippen LogP contribution in [0.25, 0.3) is 0 Å². The number of hydrogen-bond acceptors (Lipinski definition) is 7. The average Bonchev–Trinajstić information content (AvgIpc) is 3.39. The summed E-state index contributed by atoms with van der Waals surface area (Å²) in [6.45, 7) is 0. The number of fused-ring (bicyclic) bond motifs is 1. The quantitative estimate of drug-likeness (QED) is 0.759. The van der Waals surface area contributed by atoms with E-state index in [2.05, 4.69) is 47.9 Å². The number of H-pyrrole nitrogens is 1. The molecule has 0 aromatic carbocycles. The molecule has 3 aliphatic rings. The molecule has 1 aromatic heterocycles. The zero-order chi connectivity index (χ0) is 19.6. The predicted octanol–water partition coefficient (Wildman–Crippen LogP) is 2.00. The van der Waals surface area contributed by atoms with Crippen LogP contribution in [0.1, 0.15) is 31.4 Å². The Morgan fingerprint density at radius 2 is 2.14 bits per heavy atom. The molecule has 152 valence electrons. The number of nitrogens with one attached hydrogen (secondary N) is 2. The molecule has 4 rings (SSSR count). The van der Waals surface area contributed by atoms with E-state index in [4.69, 9.17) is 0 Å². The van der Waals surface area contributed by atoms with Crippen molar-refractivity contribution in [3.63, 3.8) is 0 Å². The minimum atomic E-state index is -2.24. The molecule has 8 nitrogen and oxygen atoms in total. The van der Waals surface area contributed by atoms with Crippen LogP contribution in [0, 0.1) is 11.8 Å². The number of aromatic amines is 1. The van der Waals surface area contributed by atoms with Gasteiger partial charge in [-0.2, -0.15) is 5.10 Å². The smallest absolute Gasteiger partial charge is 0.118 e. The van der Waals surface area contributed by atoms with Crippen molar-refractivity contribution in [2.75, 3.05) is 19.8 Å². The van der Waals surface area contributed by atoms with Gasteiger partial charge in [-0.3, -0.25) is 15.0 Å². The lowest BCUT2D eigenvalue weighted by molar-refractivity contribution is 0.117. The van der Waals surface area contributed by atoms with Gasteiger partial charge in [-0.25, -0.2) is 13.6 Å². The van der Waals surface area contributed by atoms with Crippen LogP contribution >= 0.6 is 0 Å². The Morgan fingerprint density at radius 3 is 2.86 bits per heavy atom. The van der Waals surface area contributed by atoms with E-state index in [1.807, 2.05) is 12.3 Å². The molecule has 0 bridgehead atoms. The summed E-state index contributed by atoms with van der Waals surface area (Å²) in [5.41, 5.74) is 0.898. The first-order valence-electron chi connectivity index (χ1n) is 9.91. The third kappa shape index (κ3) is 4.05. The van der Waals surface area contributed by atoms with Gasteiger partial charge in [-0.15, -0.1) is 0 Å². The molecule has 0 amide bonds. The molecule has 3 atom stereocenters. The number of rotatable bonds is 6. The van der Waals surface area contributed by atoms with Gasteiger partial charge in [0.2, 0.25) is 0 Å². The van der Waals surface area contributed by atoms with Crippen LogP contribution in [-0.4, -0.2) is 63.5 Å². The van der Waals surface area contributed by atoms with Crippen molar-refractivity contribution in [3.05, 3.63) is 30.2 Å². The van der Waals surface area contributed by atoms with Crippen molar-refractivity contribution in [2.24, 2.45) is 26.2 Å². The van der Waals surface area contributed by atoms with Crippen LogP contribution in [0.5, 0.6) is 0 Å². The number of nitrogens with zero attached hydrogens (tertiary/aromatic N) is 5. The van der Waals surface area contributed by atoms with E-state index in [0.717, 1.165) is 37.2 Å². The van der Waals surface area contributed by atoms with Gasteiger partial charge in [0.25, 0.3) is 0 Å². The standard InChI is InChI=1S/C19H29N7OS/c1-20-28(27,12-15-7-10-24-25-15)11-14-3-5-16(6-4-14)26(2)19-17-8-9-21-18(17)22-13-23-19/h7-10,13-14,16-17,19H,3-6,11-12H2,1-2H3,(H,24,25)(H,21,22,23). The molecule has 9 heteroatoms. The first-order valence-corrected chi connectivity index (χ1v) is 11.8. The van der Waals surface area contributed by atoms with E-state index >= 15 is 0 Å². The summed E-state index contributed by atoms with van der Waals surface area (Å²) >= 11 is 0. The van der Waals surface area contributed by atoms with Crippen LogP contribution in [0.3, 0.4) is 0 Å². The zero-order valence-electron chi connectivity index (χ0n) is 16.5. The lowest BCUT2D eigenvalue weighted by atomic mass is 9.86. The Balaban J connectivity index is 1.33. The second-order valence-electron chi connectivity index (χ2n) is 7.91. The first-order chi connectivity index (χ1) is 13.6. The third-order valence-corrected chi connectivity index (χ3v) is 8.59. The summed E-state index contributed by atoms with van der Waals surface area (Å²) in [4.78, 5) is 11.4. The Hall–Kier alpha value is -2.00. The zero-order valence-corrected chi connectivity index (χ0v) is 17.3. The number of aromatic nitrogens is 2. The predicted molar refractivity (Wildman–Crippen MR) is 113 cm³/mol. The van der Waals surface area contributed by atoms with Crippen LogP contribution in [-0.2, 0) is 15.5 Å². The highest BCUT2D eigenvalue weighted by Gasteiger charge is 2.36. The summed E-state index contributed by atoms with van der Waals surface area (Å²) in [5.74, 6) is 2.81. The summed E-state index contributed by atoms with van der Waals surface area (Å²) < 4.78 is 17.5. The Labute approximate surface area is 166 Å². The molecule has 0 spiro atoms. The summed E-state index contributed by atoms with van der Waals surface area (Å²) in [7, 11) is 1.62. The molecule has 1 fully saturated rings. The molecular weight excluding hydrogens is 374 g/mol. The largest absolute Gasteiger partial charge is 0.350 e. The van der Waals surface area contributed by atoms with Crippen LogP contribution < -0.4 is 5.32 Å². The minimum absolute atomic E-state index is 0.107. The summed E-state index contributed by atoms with van der Waals surface area (Å²) in [6.07, 6.45) is 12.0. The highest BCUT2D eigenvalue weighted by molar-refractivity contribution is 7.92. The fourth-order valence-electron chi connectivity index (χ4n) is 4.51. The second kappa shape index (κ2) is 8.16. The van der Waals surface area contributed by atoms with Crippen molar-refractivity contribution in [1.82, 2.24) is 20.4 Å². The Morgan fingerprint density at radius 1 is 1.32 bits per heavy atom. The fourth-order valence-corrected chi connectivity index (χ4v) is 6.63. The molecule has 2 aliphatic heterocycles. The molecule has 3 heterocycles. The van der Waals surface area contributed by atoms with Crippen LogP contribution in [0.4, 0.5) is 0 Å². The fraction of sp³-hybridized carbons (Fsp3) is 0.632. The van der Waals surface area contributed by atoms with Gasteiger partial charge >= 0.3 is 0 Å². The topological polar surface area (TPSA) is 98.1 Å². The lowest BCUT2D eigenvalue weighted by Gasteiger charge is -2.39. The number of hydrogen-bond donors (Lipinski definition) is 2. The van der Waals surface area contributed by atoms with Crippen molar-refractivity contribution in [3.8, 4) is 0 Å². The molecule has 0 radical (unpaired) electrons. The van der Waals surface area contributed by atoms with Gasteiger partial charge in [-0.1, -0.05) is 6.08 Å².